The monoisotopic (exact) mass is 369 g/mol. The lowest BCUT2D eigenvalue weighted by atomic mass is 10.0. The zero-order valence-corrected chi connectivity index (χ0v) is 17.3. The van der Waals surface area contributed by atoms with Gasteiger partial charge in [0.2, 0.25) is 5.91 Å². The summed E-state index contributed by atoms with van der Waals surface area (Å²) in [6.07, 6.45) is 20.2. The van der Waals surface area contributed by atoms with Crippen LogP contribution in [0.25, 0.3) is 0 Å². The highest BCUT2D eigenvalue weighted by Crippen LogP contribution is 2.13. The van der Waals surface area contributed by atoms with Gasteiger partial charge in [-0.25, -0.2) is 5.84 Å². The first-order valence-corrected chi connectivity index (χ1v) is 10.9. The summed E-state index contributed by atoms with van der Waals surface area (Å²) in [6.45, 7) is 3.90. The zero-order chi connectivity index (χ0) is 19.5. The molecule has 0 radical (unpaired) electrons. The molecule has 5 nitrogen and oxygen atoms in total. The van der Waals surface area contributed by atoms with E-state index >= 15 is 0 Å². The number of amides is 2. The van der Waals surface area contributed by atoms with Crippen LogP contribution in [0, 0.1) is 0 Å². The van der Waals surface area contributed by atoms with Crippen LogP contribution in [0.3, 0.4) is 0 Å². The van der Waals surface area contributed by atoms with E-state index in [0.717, 1.165) is 12.8 Å². The van der Waals surface area contributed by atoms with Crippen molar-refractivity contribution in [1.82, 2.24) is 10.7 Å². The molecule has 0 aliphatic heterocycles. The normalized spacial score (nSPS) is 12.0. The van der Waals surface area contributed by atoms with Crippen LogP contribution in [0.2, 0.25) is 0 Å². The molecule has 0 aliphatic rings. The third-order valence-electron chi connectivity index (χ3n) is 4.92. The van der Waals surface area contributed by atoms with Crippen molar-refractivity contribution in [2.75, 3.05) is 0 Å². The number of nitrogens with one attached hydrogen (secondary N) is 2. The Hall–Kier alpha value is -1.10. The molecule has 0 aromatic rings. The van der Waals surface area contributed by atoms with Crippen LogP contribution in [0.1, 0.15) is 117 Å². The van der Waals surface area contributed by atoms with Gasteiger partial charge >= 0.3 is 0 Å². The van der Waals surface area contributed by atoms with Crippen LogP contribution >= 0.6 is 0 Å². The first kappa shape index (κ1) is 24.9. The molecule has 4 N–H and O–H groups in total. The Morgan fingerprint density at radius 2 is 1.12 bits per heavy atom. The summed E-state index contributed by atoms with van der Waals surface area (Å²) in [5, 5.41) is 2.65. The number of nitrogens with two attached hydrogens (primary N) is 1. The van der Waals surface area contributed by atoms with Crippen LogP contribution in [0.4, 0.5) is 0 Å². The molecule has 1 unspecified atom stereocenters. The van der Waals surface area contributed by atoms with E-state index in [0.29, 0.717) is 6.42 Å². The van der Waals surface area contributed by atoms with E-state index < -0.39 is 6.04 Å². The summed E-state index contributed by atoms with van der Waals surface area (Å²) in [4.78, 5) is 22.9. The fraction of sp³-hybridized carbons (Fsp3) is 0.905. The fourth-order valence-corrected chi connectivity index (χ4v) is 3.16. The number of unbranched alkanes of at least 4 members (excludes halogenated alkanes) is 14. The maximum absolute atomic E-state index is 11.7. The summed E-state index contributed by atoms with van der Waals surface area (Å²) in [5.41, 5.74) is 2.04. The summed E-state index contributed by atoms with van der Waals surface area (Å²) in [5.74, 6) is 4.59. The Bertz CT molecular complexity index is 348. The molecule has 154 valence electrons. The number of rotatable bonds is 18. The fourth-order valence-electron chi connectivity index (χ4n) is 3.16. The Morgan fingerprint density at radius 1 is 0.731 bits per heavy atom. The smallest absolute Gasteiger partial charge is 0.256 e. The van der Waals surface area contributed by atoms with Crippen molar-refractivity contribution in [1.29, 1.82) is 0 Å². The molecular formula is C21H43N3O2. The first-order valence-electron chi connectivity index (χ1n) is 10.9. The Labute approximate surface area is 161 Å². The first-order chi connectivity index (χ1) is 12.6. The molecule has 5 heteroatoms. The molecule has 26 heavy (non-hydrogen) atoms. The minimum atomic E-state index is -0.566. The average Bonchev–Trinajstić information content (AvgIpc) is 2.64. The van der Waals surface area contributed by atoms with Gasteiger partial charge in [-0.2, -0.15) is 0 Å². The van der Waals surface area contributed by atoms with Crippen LogP contribution in [-0.4, -0.2) is 17.9 Å². The van der Waals surface area contributed by atoms with Crippen molar-refractivity contribution in [3.63, 3.8) is 0 Å². The number of hydrogen-bond donors (Lipinski definition) is 3. The number of carbonyl (C=O) groups excluding carboxylic acids is 2. The molecule has 0 saturated heterocycles. The molecule has 0 saturated carbocycles. The van der Waals surface area contributed by atoms with E-state index in [2.05, 4.69) is 12.2 Å². The largest absolute Gasteiger partial charge is 0.345 e. The maximum Gasteiger partial charge on any atom is 0.256 e. The van der Waals surface area contributed by atoms with Gasteiger partial charge in [-0.3, -0.25) is 15.0 Å². The van der Waals surface area contributed by atoms with Gasteiger partial charge in [0.15, 0.2) is 0 Å². The molecule has 0 aromatic carbocycles. The summed E-state index contributed by atoms with van der Waals surface area (Å²) in [7, 11) is 0. The zero-order valence-electron chi connectivity index (χ0n) is 17.3. The van der Waals surface area contributed by atoms with Crippen LogP contribution in [-0.2, 0) is 9.59 Å². The van der Waals surface area contributed by atoms with E-state index in [9.17, 15) is 9.59 Å². The molecule has 0 fully saturated rings. The van der Waals surface area contributed by atoms with Crippen LogP contribution in [0.15, 0.2) is 0 Å². The molecule has 1 atom stereocenters. The summed E-state index contributed by atoms with van der Waals surface area (Å²) in [6, 6.07) is -0.566. The van der Waals surface area contributed by atoms with Crippen molar-refractivity contribution in [3.8, 4) is 0 Å². The number of hydrogen-bond acceptors (Lipinski definition) is 3. The SMILES string of the molecule is CCCCCCCCCCCCCCCCCC(=O)NC(C)C(=O)NN. The predicted octanol–water partition coefficient (Wildman–Crippen LogP) is 4.74. The van der Waals surface area contributed by atoms with Gasteiger partial charge in [0, 0.05) is 6.42 Å². The molecule has 0 heterocycles. The minimum Gasteiger partial charge on any atom is -0.345 e. The third kappa shape index (κ3) is 16.4. The van der Waals surface area contributed by atoms with Crippen molar-refractivity contribution >= 4 is 11.8 Å². The molecule has 0 aliphatic carbocycles. The van der Waals surface area contributed by atoms with E-state index in [-0.39, 0.29) is 11.8 Å². The van der Waals surface area contributed by atoms with Gasteiger partial charge in [-0.1, -0.05) is 96.8 Å². The molecule has 0 aromatic heterocycles. The lowest BCUT2D eigenvalue weighted by Crippen LogP contribution is -2.47. The van der Waals surface area contributed by atoms with Gasteiger partial charge in [0.25, 0.3) is 5.91 Å². The van der Waals surface area contributed by atoms with E-state index in [1.807, 2.05) is 5.43 Å². The van der Waals surface area contributed by atoms with Gasteiger partial charge in [0.05, 0.1) is 0 Å². The van der Waals surface area contributed by atoms with E-state index in [1.165, 1.54) is 83.5 Å². The lowest BCUT2D eigenvalue weighted by Gasteiger charge is -2.11. The number of carbonyl (C=O) groups is 2. The van der Waals surface area contributed by atoms with E-state index in [1.54, 1.807) is 6.92 Å². The second-order valence-corrected chi connectivity index (χ2v) is 7.50. The predicted molar refractivity (Wildman–Crippen MR) is 109 cm³/mol. The highest BCUT2D eigenvalue weighted by molar-refractivity contribution is 5.86. The Kier molecular flexibility index (Phi) is 17.9. The highest BCUT2D eigenvalue weighted by atomic mass is 16.2. The molecule has 0 spiro atoms. The van der Waals surface area contributed by atoms with Gasteiger partial charge < -0.3 is 5.32 Å². The number of hydrazine groups is 1. The molecular weight excluding hydrogens is 326 g/mol. The second kappa shape index (κ2) is 18.7. The molecule has 0 rings (SSSR count). The average molecular weight is 370 g/mol. The van der Waals surface area contributed by atoms with Crippen molar-refractivity contribution < 1.29 is 9.59 Å². The maximum atomic E-state index is 11.7. The van der Waals surface area contributed by atoms with Crippen molar-refractivity contribution in [2.24, 2.45) is 5.84 Å². The molecule has 2 amide bonds. The van der Waals surface area contributed by atoms with E-state index in [4.69, 9.17) is 5.84 Å². The van der Waals surface area contributed by atoms with Gasteiger partial charge in [-0.05, 0) is 13.3 Å². The Morgan fingerprint density at radius 3 is 1.50 bits per heavy atom. The standard InChI is InChI=1S/C21H43N3O2/c1-3-4-5-6-7-8-9-10-11-12-13-14-15-16-17-18-20(25)23-19(2)21(26)24-22/h19H,3-18,22H2,1-2H3,(H,23,25)(H,24,26). The second-order valence-electron chi connectivity index (χ2n) is 7.50. The third-order valence-corrected chi connectivity index (χ3v) is 4.92. The van der Waals surface area contributed by atoms with Crippen molar-refractivity contribution in [3.05, 3.63) is 0 Å². The van der Waals surface area contributed by atoms with Crippen LogP contribution in [0.5, 0.6) is 0 Å². The quantitative estimate of drug-likeness (QED) is 0.141. The highest BCUT2D eigenvalue weighted by Gasteiger charge is 2.13. The summed E-state index contributed by atoms with van der Waals surface area (Å²) < 4.78 is 0. The summed E-state index contributed by atoms with van der Waals surface area (Å²) >= 11 is 0. The Balaban J connectivity index is 3.24. The lowest BCUT2D eigenvalue weighted by molar-refractivity contribution is -0.128. The van der Waals surface area contributed by atoms with Gasteiger partial charge in [0.1, 0.15) is 6.04 Å². The topological polar surface area (TPSA) is 84.2 Å². The van der Waals surface area contributed by atoms with Crippen molar-refractivity contribution in [2.45, 2.75) is 123 Å². The molecule has 0 bridgehead atoms. The van der Waals surface area contributed by atoms with Gasteiger partial charge in [-0.15, -0.1) is 0 Å². The minimum absolute atomic E-state index is 0.0733. The van der Waals surface area contributed by atoms with Crippen LogP contribution < -0.4 is 16.6 Å².